The highest BCUT2D eigenvalue weighted by Gasteiger charge is 2.44. The number of carboxylic acid groups (broad SMARTS) is 1. The number of aryl methyl sites for hydroxylation is 2. The molecule has 0 radical (unpaired) electrons. The number of aliphatic carboxylic acids is 1. The average Bonchev–Trinajstić information content (AvgIpc) is 1.59. The molecular weight excluding hydrogens is 2040 g/mol. The molecule has 0 bridgehead atoms. The number of carbonyl (C=O) groups is 14. The van der Waals surface area contributed by atoms with Gasteiger partial charge in [-0.25, -0.2) is 62.8 Å². The molecular formula is C95H129N13O33S6. The van der Waals surface area contributed by atoms with Gasteiger partial charge >= 0.3 is 53.7 Å². The van der Waals surface area contributed by atoms with E-state index in [1.165, 1.54) is 59.0 Å². The maximum absolute atomic E-state index is 13.5. The predicted molar refractivity (Wildman–Crippen MR) is 538 cm³/mol. The molecule has 8 heterocycles. The lowest BCUT2D eigenvalue weighted by Crippen LogP contribution is -2.43. The summed E-state index contributed by atoms with van der Waals surface area (Å²) in [6.07, 6.45) is -6.80. The zero-order valence-corrected chi connectivity index (χ0v) is 89.9. The number of rotatable bonds is 50. The summed E-state index contributed by atoms with van der Waals surface area (Å²) >= 11 is 1.24. The summed E-state index contributed by atoms with van der Waals surface area (Å²) in [4.78, 5) is 187. The Morgan fingerprint density at radius 1 is 0.510 bits per heavy atom. The number of hydrogen-bond donors (Lipinski definition) is 10. The van der Waals surface area contributed by atoms with Crippen molar-refractivity contribution < 1.29 is 153 Å². The Morgan fingerprint density at radius 2 is 0.864 bits per heavy atom. The van der Waals surface area contributed by atoms with E-state index in [1.54, 1.807) is 59.1 Å². The van der Waals surface area contributed by atoms with Crippen molar-refractivity contribution in [3.63, 3.8) is 0 Å². The first-order valence-corrected chi connectivity index (χ1v) is 55.0. The minimum absolute atomic E-state index is 0.0520. The standard InChI is InChI=1S/C48H64N6O16S3.C35H44N4O12.C12H21N3O5S3/c1-10-49-38-25-54(19-13-21-66-9)73(64,65)48-35(38)24-42(71-48)72(62,63)26-39(55)29(6)68-47(61)31(8)69-46(60)30(7)67-40(56)16-17-41(57)70-32-14-15-36-33(22-32)34(44(58)52-36)23-37-27(4)43(28(5)51-37)45(59)50-18-20-53(11-2)12-3;1-8-39(9-2)15-14-36-32(43)30-18(3)27(37-19(30)4)17-25-24-16-23(10-11-26(24)38-31(25)42)51-29(41)13-12-28(40)48-21(6)34(46)50-22(7)35(47)49-20(5)33(44)45;1-3-14-10-8-15(5-4-6-20-2)23(18,19)12-9(10)7-11(21-12)22(13,16)17/h14-15,22-24,29-31,38,49,51H,10-13,16-21,25-26H2,1-9H3,(H,50,59)(H,52,58);10-11,16-17,20-22,37H,8-9,12-15H2,1-7H3,(H,36,43)(H,38,42)(H,44,45);7,10,14H,3-6,8H2,1-2H3,(H2,13,16,17)/b34-23-;25-17-;/t29-,30+,31+,38-;20-,21+,22-;10-/m010/s1. The number of anilines is 2. The van der Waals surface area contributed by atoms with E-state index in [4.69, 9.17) is 52.9 Å². The molecule has 147 heavy (non-hydrogen) atoms. The number of sulfonamides is 3. The van der Waals surface area contributed by atoms with Crippen LogP contribution in [0.4, 0.5) is 11.4 Å². The molecule has 4 amide bonds. The van der Waals surface area contributed by atoms with E-state index in [1.807, 2.05) is 13.8 Å². The van der Waals surface area contributed by atoms with Crippen LogP contribution in [0.25, 0.3) is 23.3 Å². The third-order valence-electron chi connectivity index (χ3n) is 23.6. The number of thiophene rings is 2. The van der Waals surface area contributed by atoms with Gasteiger partial charge in [0.25, 0.3) is 43.7 Å². The second-order valence-electron chi connectivity index (χ2n) is 34.2. The number of Topliss-reactive ketones (excluding diaryl/α,β-unsaturated/α-hetero) is 1. The van der Waals surface area contributed by atoms with Gasteiger partial charge in [-0.1, -0.05) is 41.5 Å². The Balaban J connectivity index is 0.000000306. The lowest BCUT2D eigenvalue weighted by molar-refractivity contribution is -0.181. The minimum atomic E-state index is -4.42. The number of esters is 8. The Labute approximate surface area is 860 Å². The lowest BCUT2D eigenvalue weighted by atomic mass is 10.0. The van der Waals surface area contributed by atoms with E-state index in [0.717, 1.165) is 67.3 Å². The normalized spacial score (nSPS) is 16.8. The van der Waals surface area contributed by atoms with Crippen molar-refractivity contribution in [2.75, 3.05) is 135 Å². The van der Waals surface area contributed by atoms with Gasteiger partial charge in [0.15, 0.2) is 52.2 Å². The fraction of sp³-hybridized carbons (Fsp3) is 0.516. The van der Waals surface area contributed by atoms with Gasteiger partial charge in [-0.15, -0.1) is 22.7 Å². The SMILES string of the molecule is CCN(CC)CCNC(=O)c1c(C)[nH]c(/C=C2\C(=O)Nc3ccc(OC(=O)CCC(=O)O[C@@H](C)C(=O)O[C@H](C)C(=O)O[C@H](C)C(=O)O)cc32)c1C.CCN[C@H]1CN(CCCOC)S(=O)(=O)c2sc(S(=O)(=O)CC(=O)[C@H](C)OC(=O)[C@@H](C)OC(=O)[C@@H](C)OC(=O)CCC(=O)Oc3ccc4c(c3)/C(=C/c3[nH]c(C)c(C(=O)NCCN(CC)CC)c3C)C(=O)N4)cc21.CCN[C@H]1CN(CCCOC)S(=O)(=O)c2sc(S(N)(=O)=O)cc21. The number of hydrogen-bond acceptors (Lipinski definition) is 38. The van der Waals surface area contributed by atoms with Gasteiger partial charge in [0.1, 0.15) is 34.1 Å². The number of methoxy groups -OCH3 is 2. The van der Waals surface area contributed by atoms with Gasteiger partial charge in [-0.3, -0.25) is 43.2 Å². The Kier molecular flexibility index (Phi) is 44.5. The average molecular weight is 2170 g/mol. The predicted octanol–water partition coefficient (Wildman–Crippen LogP) is 6.32. The first kappa shape index (κ1) is 120. The summed E-state index contributed by atoms with van der Waals surface area (Å²) in [7, 11) is -13.1. The molecule has 4 aromatic heterocycles. The largest absolute Gasteiger partial charge is 0.479 e. The molecule has 808 valence electrons. The summed E-state index contributed by atoms with van der Waals surface area (Å²) in [5.41, 5.74) is 7.79. The third kappa shape index (κ3) is 32.3. The molecule has 46 nitrogen and oxygen atoms in total. The monoisotopic (exact) mass is 2170 g/mol. The number of carbonyl (C=O) groups excluding carboxylic acids is 13. The lowest BCUT2D eigenvalue weighted by Gasteiger charge is -2.32. The molecule has 0 spiro atoms. The Bertz CT molecular complexity index is 6410. The summed E-state index contributed by atoms with van der Waals surface area (Å²) < 4.78 is 155. The maximum Gasteiger partial charge on any atom is 0.347 e. The van der Waals surface area contributed by atoms with Gasteiger partial charge in [0.2, 0.25) is 10.0 Å². The zero-order valence-electron chi connectivity index (χ0n) is 85.0. The number of benzene rings is 2. The number of nitrogens with one attached hydrogen (secondary N) is 8. The third-order valence-corrected chi connectivity index (χ3v) is 34.3. The molecule has 11 N–H and O–H groups in total. The molecule has 0 fully saturated rings. The van der Waals surface area contributed by atoms with Crippen molar-refractivity contribution in [3.8, 4) is 11.5 Å². The number of fused-ring (bicyclic) bond motifs is 4. The van der Waals surface area contributed by atoms with Crippen LogP contribution < -0.4 is 46.5 Å². The molecule has 0 saturated heterocycles. The van der Waals surface area contributed by atoms with Gasteiger partial charge in [-0.2, -0.15) is 8.61 Å². The molecule has 4 aliphatic heterocycles. The molecule has 8 atom stereocenters. The fourth-order valence-electron chi connectivity index (χ4n) is 15.5. The van der Waals surface area contributed by atoms with E-state index in [-0.39, 0.29) is 88.4 Å². The molecule has 0 aliphatic carbocycles. The van der Waals surface area contributed by atoms with Crippen LogP contribution in [0, 0.1) is 27.7 Å². The quantitative estimate of drug-likeness (QED) is 0.00656. The molecule has 2 aromatic carbocycles. The Hall–Kier alpha value is -11.9. The van der Waals surface area contributed by atoms with Crippen molar-refractivity contribution >= 4 is 180 Å². The number of H-pyrrole nitrogens is 2. The van der Waals surface area contributed by atoms with Crippen LogP contribution in [0.15, 0.2) is 65.4 Å². The van der Waals surface area contributed by atoms with Gasteiger partial charge < -0.3 is 104 Å². The van der Waals surface area contributed by atoms with Crippen LogP contribution in [0.1, 0.15) is 211 Å². The number of primary sulfonamides is 1. The van der Waals surface area contributed by atoms with Crippen molar-refractivity contribution in [2.45, 2.75) is 215 Å². The minimum Gasteiger partial charge on any atom is -0.479 e. The fourth-order valence-corrected chi connectivity index (χ4v) is 25.1. The number of carboxylic acids is 1. The zero-order chi connectivity index (χ0) is 109. The van der Waals surface area contributed by atoms with E-state index in [0.29, 0.717) is 161 Å². The van der Waals surface area contributed by atoms with Crippen LogP contribution in [0.5, 0.6) is 11.5 Å². The summed E-state index contributed by atoms with van der Waals surface area (Å²) in [5.74, 6) is -12.7. The number of likely N-dealkylation sites (N-methyl/N-ethyl adjacent to an activating group) is 4. The van der Waals surface area contributed by atoms with Crippen molar-refractivity contribution in [2.24, 2.45) is 5.14 Å². The number of nitrogens with zero attached hydrogens (tertiary/aromatic N) is 4. The van der Waals surface area contributed by atoms with Crippen LogP contribution in [0.2, 0.25) is 0 Å². The van der Waals surface area contributed by atoms with E-state index < -0.39 is 179 Å². The second kappa shape index (κ2) is 54.3. The van der Waals surface area contributed by atoms with Crippen LogP contribution >= 0.6 is 22.7 Å². The highest BCUT2D eigenvalue weighted by atomic mass is 32.3. The molecule has 0 saturated carbocycles. The van der Waals surface area contributed by atoms with Crippen LogP contribution in [0.3, 0.4) is 0 Å². The summed E-state index contributed by atoms with van der Waals surface area (Å²) in [5, 5.41) is 31.8. The highest BCUT2D eigenvalue weighted by molar-refractivity contribution is 7.95. The Morgan fingerprint density at radius 3 is 1.22 bits per heavy atom. The molecule has 52 heteroatoms. The summed E-state index contributed by atoms with van der Waals surface area (Å²) in [6, 6.07) is 10.9. The first-order chi connectivity index (χ1) is 69.2. The number of amides is 4. The molecule has 10 rings (SSSR count). The van der Waals surface area contributed by atoms with Crippen molar-refractivity contribution in [1.82, 2.24) is 49.6 Å². The van der Waals surface area contributed by atoms with Crippen molar-refractivity contribution in [3.05, 3.63) is 116 Å². The van der Waals surface area contributed by atoms with Gasteiger partial charge in [0.05, 0.1) is 48.0 Å². The topological polar surface area (TPSA) is 631 Å². The van der Waals surface area contributed by atoms with E-state index in [9.17, 15) is 101 Å². The number of ether oxygens (including phenoxy) is 10. The number of aromatic amines is 2. The van der Waals surface area contributed by atoms with Crippen molar-refractivity contribution in [1.29, 1.82) is 0 Å². The maximum atomic E-state index is 13.5. The molecule has 4 aliphatic rings. The van der Waals surface area contributed by atoms with Gasteiger partial charge in [-0.05, 0) is 193 Å². The van der Waals surface area contributed by atoms with Crippen LogP contribution in [-0.4, -0.2) is 312 Å². The smallest absolute Gasteiger partial charge is 0.347 e. The summed E-state index contributed by atoms with van der Waals surface area (Å²) in [6.45, 7) is 34.5. The molecule has 6 aromatic rings. The number of aromatic nitrogens is 2. The first-order valence-electron chi connectivity index (χ1n) is 47.3. The molecule has 0 unspecified atom stereocenters. The highest BCUT2D eigenvalue weighted by Crippen LogP contribution is 2.44. The number of nitrogens with two attached hydrogens (primary N) is 1. The van der Waals surface area contributed by atoms with E-state index in [2.05, 4.69) is 84.1 Å². The number of sulfone groups is 1. The number of ketones is 1. The van der Waals surface area contributed by atoms with E-state index >= 15 is 0 Å². The second-order valence-corrected chi connectivity index (χ2v) is 44.6. The van der Waals surface area contributed by atoms with Crippen LogP contribution in [-0.2, 0) is 135 Å². The van der Waals surface area contributed by atoms with Gasteiger partial charge in [0, 0.05) is 148 Å².